The van der Waals surface area contributed by atoms with E-state index in [1.165, 1.54) is 18.9 Å². The van der Waals surface area contributed by atoms with Gasteiger partial charge in [0.15, 0.2) is 11.4 Å². The van der Waals surface area contributed by atoms with Gasteiger partial charge in [0, 0.05) is 31.1 Å². The van der Waals surface area contributed by atoms with Crippen molar-refractivity contribution in [2.45, 2.75) is 95.7 Å². The summed E-state index contributed by atoms with van der Waals surface area (Å²) in [6.07, 6.45) is 2.08. The van der Waals surface area contributed by atoms with E-state index in [1.807, 2.05) is 27.7 Å². The highest BCUT2D eigenvalue weighted by atomic mass is 19.1. The predicted molar refractivity (Wildman–Crippen MR) is 113 cm³/mol. The molecule has 1 amide bonds. The van der Waals surface area contributed by atoms with Gasteiger partial charge in [-0.05, 0) is 52.5 Å². The summed E-state index contributed by atoms with van der Waals surface area (Å²) < 4.78 is 39.1. The van der Waals surface area contributed by atoms with Gasteiger partial charge in [0.1, 0.15) is 11.9 Å². The Bertz CT molecular complexity index is 796. The first kappa shape index (κ1) is 22.6. The van der Waals surface area contributed by atoms with Crippen LogP contribution in [-0.2, 0) is 30.3 Å². The van der Waals surface area contributed by atoms with Crippen molar-refractivity contribution in [3.05, 3.63) is 35.6 Å². The summed E-state index contributed by atoms with van der Waals surface area (Å²) in [7, 11) is 0. The molecule has 31 heavy (non-hydrogen) atoms. The van der Waals surface area contributed by atoms with Crippen LogP contribution in [0.15, 0.2) is 24.3 Å². The van der Waals surface area contributed by atoms with Crippen LogP contribution in [0.2, 0.25) is 0 Å². The molecule has 1 aliphatic heterocycles. The second kappa shape index (κ2) is 8.77. The predicted octanol–water partition coefficient (Wildman–Crippen LogP) is 3.71. The molecule has 6 nitrogen and oxygen atoms in total. The Morgan fingerprint density at radius 3 is 2.65 bits per heavy atom. The molecule has 172 valence electrons. The minimum absolute atomic E-state index is 0.00479. The molecule has 1 aromatic rings. The molecule has 1 unspecified atom stereocenters. The van der Waals surface area contributed by atoms with E-state index < -0.39 is 11.4 Å². The molecule has 2 aliphatic carbocycles. The van der Waals surface area contributed by atoms with Gasteiger partial charge in [0.25, 0.3) is 5.91 Å². The third-order valence-corrected chi connectivity index (χ3v) is 6.19. The molecule has 7 heteroatoms. The van der Waals surface area contributed by atoms with E-state index in [0.717, 1.165) is 0 Å². The van der Waals surface area contributed by atoms with Crippen LogP contribution < -0.4 is 5.32 Å². The number of benzene rings is 1. The van der Waals surface area contributed by atoms with E-state index in [1.54, 1.807) is 18.2 Å². The van der Waals surface area contributed by atoms with Gasteiger partial charge in [-0.3, -0.25) is 4.79 Å². The van der Waals surface area contributed by atoms with Crippen molar-refractivity contribution in [3.63, 3.8) is 0 Å². The maximum atomic E-state index is 14.2. The van der Waals surface area contributed by atoms with Gasteiger partial charge >= 0.3 is 0 Å². The number of fused-ring (bicyclic) bond motifs is 1. The molecule has 4 atom stereocenters. The van der Waals surface area contributed by atoms with Gasteiger partial charge in [-0.15, -0.1) is 0 Å². The average molecular weight is 436 g/mol. The molecule has 1 N–H and O–H groups in total. The highest BCUT2D eigenvalue weighted by Gasteiger charge is 2.58. The largest absolute Gasteiger partial charge is 0.375 e. The summed E-state index contributed by atoms with van der Waals surface area (Å²) >= 11 is 0. The van der Waals surface area contributed by atoms with Gasteiger partial charge in [0.2, 0.25) is 0 Å². The lowest BCUT2D eigenvalue weighted by Gasteiger charge is -2.43. The lowest BCUT2D eigenvalue weighted by atomic mass is 9.78. The lowest BCUT2D eigenvalue weighted by molar-refractivity contribution is -0.182. The van der Waals surface area contributed by atoms with Crippen molar-refractivity contribution in [1.82, 2.24) is 5.32 Å². The SMILES string of the molecule is CC(C)NC(=O)[C@@]1(OCc2ccccc2F)CC(OCC2CC2)[C@@H]2OC(C)(C)O[C@@H]2C1. The molecule has 4 rings (SSSR count). The summed E-state index contributed by atoms with van der Waals surface area (Å²) in [6, 6.07) is 6.42. The number of carbonyl (C=O) groups is 1. The van der Waals surface area contributed by atoms with Crippen molar-refractivity contribution < 1.29 is 28.1 Å². The molecule has 0 radical (unpaired) electrons. The van der Waals surface area contributed by atoms with E-state index in [9.17, 15) is 9.18 Å². The fourth-order valence-electron chi connectivity index (χ4n) is 4.48. The van der Waals surface area contributed by atoms with Crippen LogP contribution in [0.3, 0.4) is 0 Å². The maximum absolute atomic E-state index is 14.2. The first-order valence-corrected chi connectivity index (χ1v) is 11.3. The van der Waals surface area contributed by atoms with Gasteiger partial charge in [-0.1, -0.05) is 18.2 Å². The number of ether oxygens (including phenoxy) is 4. The Morgan fingerprint density at radius 1 is 1.23 bits per heavy atom. The zero-order chi connectivity index (χ0) is 22.2. The first-order chi connectivity index (χ1) is 14.7. The van der Waals surface area contributed by atoms with E-state index in [4.69, 9.17) is 18.9 Å². The Balaban J connectivity index is 1.59. The second-order valence-electron chi connectivity index (χ2n) is 9.86. The van der Waals surface area contributed by atoms with Gasteiger partial charge in [0.05, 0.1) is 18.8 Å². The van der Waals surface area contributed by atoms with Crippen LogP contribution in [-0.4, -0.2) is 48.3 Å². The minimum atomic E-state index is -1.19. The van der Waals surface area contributed by atoms with E-state index in [2.05, 4.69) is 5.32 Å². The van der Waals surface area contributed by atoms with Crippen LogP contribution in [0.5, 0.6) is 0 Å². The molecule has 0 bridgehead atoms. The van der Waals surface area contributed by atoms with Gasteiger partial charge < -0.3 is 24.3 Å². The molecular weight excluding hydrogens is 401 g/mol. The van der Waals surface area contributed by atoms with Crippen LogP contribution in [0.4, 0.5) is 4.39 Å². The molecule has 1 aromatic carbocycles. The molecule has 0 aromatic heterocycles. The molecule has 1 saturated heterocycles. The molecule has 3 aliphatic rings. The third kappa shape index (κ3) is 5.28. The summed E-state index contributed by atoms with van der Waals surface area (Å²) in [5.41, 5.74) is -0.771. The lowest BCUT2D eigenvalue weighted by Crippen LogP contribution is -2.60. The van der Waals surface area contributed by atoms with Gasteiger partial charge in [-0.25, -0.2) is 4.39 Å². The average Bonchev–Trinajstić information content (AvgIpc) is 3.46. The molecule has 3 fully saturated rings. The summed E-state index contributed by atoms with van der Waals surface area (Å²) in [6.45, 7) is 8.21. The quantitative estimate of drug-likeness (QED) is 0.674. The fraction of sp³-hybridized carbons (Fsp3) is 0.708. The number of amides is 1. The number of nitrogens with one attached hydrogen (secondary N) is 1. The smallest absolute Gasteiger partial charge is 0.252 e. The Kier molecular flexibility index (Phi) is 6.41. The molecular formula is C24H34FNO5. The maximum Gasteiger partial charge on any atom is 0.252 e. The van der Waals surface area contributed by atoms with E-state index >= 15 is 0 Å². The van der Waals surface area contributed by atoms with Crippen LogP contribution in [0, 0.1) is 11.7 Å². The Morgan fingerprint density at radius 2 is 1.97 bits per heavy atom. The third-order valence-electron chi connectivity index (χ3n) is 6.19. The van der Waals surface area contributed by atoms with Gasteiger partial charge in [-0.2, -0.15) is 0 Å². The summed E-state index contributed by atoms with van der Waals surface area (Å²) in [4.78, 5) is 13.4. The monoisotopic (exact) mass is 435 g/mol. The normalized spacial score (nSPS) is 32.1. The van der Waals surface area contributed by atoms with Crippen molar-refractivity contribution in [3.8, 4) is 0 Å². The Hall–Kier alpha value is -1.54. The van der Waals surface area contributed by atoms with Crippen LogP contribution >= 0.6 is 0 Å². The highest BCUT2D eigenvalue weighted by molar-refractivity contribution is 5.85. The van der Waals surface area contributed by atoms with Crippen LogP contribution in [0.1, 0.15) is 58.9 Å². The minimum Gasteiger partial charge on any atom is -0.375 e. The molecule has 1 heterocycles. The standard InChI is InChI=1S/C24H34FNO5/c1-15(2)26-22(27)24(29-14-17-7-5-6-8-18(17)25)11-19(28-13-16-9-10-16)21-20(12-24)30-23(3,4)31-21/h5-8,15-16,19-21H,9-14H2,1-4H3,(H,26,27)/t19?,20-,21+,24-/m1/s1. The highest BCUT2D eigenvalue weighted by Crippen LogP contribution is 2.44. The fourth-order valence-corrected chi connectivity index (χ4v) is 4.48. The van der Waals surface area contributed by atoms with Crippen molar-refractivity contribution in [2.75, 3.05) is 6.61 Å². The second-order valence-corrected chi connectivity index (χ2v) is 9.86. The zero-order valence-corrected chi connectivity index (χ0v) is 18.9. The summed E-state index contributed by atoms with van der Waals surface area (Å²) in [5, 5.41) is 2.99. The van der Waals surface area contributed by atoms with Crippen LogP contribution in [0.25, 0.3) is 0 Å². The number of rotatable bonds is 8. The number of hydrogen-bond donors (Lipinski definition) is 1. The molecule has 2 saturated carbocycles. The van der Waals surface area contributed by atoms with Crippen molar-refractivity contribution >= 4 is 5.91 Å². The number of hydrogen-bond acceptors (Lipinski definition) is 5. The zero-order valence-electron chi connectivity index (χ0n) is 18.9. The van der Waals surface area contributed by atoms with E-state index in [0.29, 0.717) is 30.9 Å². The van der Waals surface area contributed by atoms with Crippen molar-refractivity contribution in [1.29, 1.82) is 0 Å². The topological polar surface area (TPSA) is 66.0 Å². The number of halogens is 1. The number of carbonyl (C=O) groups excluding carboxylic acids is 1. The Labute approximate surface area is 183 Å². The van der Waals surface area contributed by atoms with E-state index in [-0.39, 0.29) is 42.7 Å². The van der Waals surface area contributed by atoms with Crippen molar-refractivity contribution in [2.24, 2.45) is 5.92 Å². The molecule has 0 spiro atoms. The summed E-state index contributed by atoms with van der Waals surface area (Å²) in [5.74, 6) is -0.745. The first-order valence-electron chi connectivity index (χ1n) is 11.3.